The van der Waals surface area contributed by atoms with Gasteiger partial charge in [-0.1, -0.05) is 18.2 Å². The minimum Gasteiger partial charge on any atom is -0.471 e. The van der Waals surface area contributed by atoms with Crippen molar-refractivity contribution in [3.05, 3.63) is 36.3 Å². The molecule has 0 fully saturated rings. The fraction of sp³-hybridized carbons (Fsp3) is 0.308. The lowest BCUT2D eigenvalue weighted by molar-refractivity contribution is 0.125. The highest BCUT2D eigenvalue weighted by molar-refractivity contribution is 5.86. The molecule has 0 radical (unpaired) electrons. The second-order valence-electron chi connectivity index (χ2n) is 4.69. The van der Waals surface area contributed by atoms with Crippen LogP contribution in [-0.4, -0.2) is 10.6 Å². The van der Waals surface area contributed by atoms with Gasteiger partial charge in [0.15, 0.2) is 0 Å². The van der Waals surface area contributed by atoms with Crippen molar-refractivity contribution in [2.24, 2.45) is 0 Å². The maximum atomic E-state index is 13.3. The van der Waals surface area contributed by atoms with E-state index in [0.29, 0.717) is 5.88 Å². The molecular weight excluding hydrogens is 205 g/mol. The molecule has 0 bridgehead atoms. The van der Waals surface area contributed by atoms with Crippen LogP contribution in [0.4, 0.5) is 4.39 Å². The van der Waals surface area contributed by atoms with Gasteiger partial charge in [-0.3, -0.25) is 0 Å². The minimum absolute atomic E-state index is 0.350. The molecule has 0 N–H and O–H groups in total. The first-order valence-corrected chi connectivity index (χ1v) is 5.20. The highest BCUT2D eigenvalue weighted by Gasteiger charge is 2.15. The van der Waals surface area contributed by atoms with Crippen LogP contribution in [0.1, 0.15) is 20.8 Å². The Morgan fingerprint density at radius 2 is 1.88 bits per heavy atom. The normalized spacial score (nSPS) is 11.8. The van der Waals surface area contributed by atoms with E-state index in [1.54, 1.807) is 0 Å². The van der Waals surface area contributed by atoms with Gasteiger partial charge >= 0.3 is 0 Å². The van der Waals surface area contributed by atoms with Crippen molar-refractivity contribution in [3.63, 3.8) is 0 Å². The molecule has 84 valence electrons. The zero-order valence-corrected chi connectivity index (χ0v) is 9.62. The van der Waals surface area contributed by atoms with E-state index in [-0.39, 0.29) is 5.60 Å². The second-order valence-corrected chi connectivity index (χ2v) is 4.69. The number of nitrogens with zero attached hydrogens (tertiary/aromatic N) is 1. The van der Waals surface area contributed by atoms with E-state index in [1.807, 2.05) is 45.0 Å². The maximum Gasteiger partial charge on any atom is 0.224 e. The average molecular weight is 219 g/mol. The van der Waals surface area contributed by atoms with Gasteiger partial charge in [0.1, 0.15) is 5.60 Å². The van der Waals surface area contributed by atoms with Crippen LogP contribution in [0.5, 0.6) is 5.88 Å². The SMILES string of the molecule is CC(C)(C)Oc1nc(F)cc2ccccc12. The van der Waals surface area contributed by atoms with Crippen LogP contribution < -0.4 is 4.74 Å². The molecule has 1 heterocycles. The quantitative estimate of drug-likeness (QED) is 0.684. The summed E-state index contributed by atoms with van der Waals surface area (Å²) in [5.41, 5.74) is -0.385. The number of hydrogen-bond acceptors (Lipinski definition) is 2. The molecule has 2 nitrogen and oxygen atoms in total. The summed E-state index contributed by atoms with van der Waals surface area (Å²) in [6, 6.07) is 8.88. The van der Waals surface area contributed by atoms with Gasteiger partial charge in [-0.05, 0) is 32.2 Å². The van der Waals surface area contributed by atoms with Crippen LogP contribution in [0.15, 0.2) is 30.3 Å². The summed E-state index contributed by atoms with van der Waals surface area (Å²) in [5.74, 6) is -0.166. The van der Waals surface area contributed by atoms with Crippen molar-refractivity contribution in [2.75, 3.05) is 0 Å². The van der Waals surface area contributed by atoms with E-state index >= 15 is 0 Å². The standard InChI is InChI=1S/C13H14FNO/c1-13(2,3)16-12-10-7-5-4-6-9(10)8-11(14)15-12/h4-8H,1-3H3. The summed E-state index contributed by atoms with van der Waals surface area (Å²) in [6.45, 7) is 5.73. The number of fused-ring (bicyclic) bond motifs is 1. The molecule has 3 heteroatoms. The van der Waals surface area contributed by atoms with E-state index in [9.17, 15) is 4.39 Å². The third-order valence-corrected chi connectivity index (χ3v) is 2.08. The summed E-state index contributed by atoms with van der Waals surface area (Å²) < 4.78 is 18.9. The lowest BCUT2D eigenvalue weighted by Crippen LogP contribution is -2.23. The molecule has 2 rings (SSSR count). The maximum absolute atomic E-state index is 13.3. The van der Waals surface area contributed by atoms with Gasteiger partial charge < -0.3 is 4.74 Å². The van der Waals surface area contributed by atoms with Gasteiger partial charge in [-0.15, -0.1) is 0 Å². The Balaban J connectivity index is 2.59. The van der Waals surface area contributed by atoms with Gasteiger partial charge in [-0.25, -0.2) is 0 Å². The molecule has 0 spiro atoms. The van der Waals surface area contributed by atoms with Crippen molar-refractivity contribution < 1.29 is 9.13 Å². The number of aromatic nitrogens is 1. The molecule has 2 aromatic rings. The lowest BCUT2D eigenvalue weighted by Gasteiger charge is -2.21. The van der Waals surface area contributed by atoms with E-state index in [0.717, 1.165) is 10.8 Å². The Bertz CT molecular complexity index is 517. The molecule has 1 aromatic carbocycles. The summed E-state index contributed by atoms with van der Waals surface area (Å²) >= 11 is 0. The topological polar surface area (TPSA) is 22.1 Å². The van der Waals surface area contributed by atoms with E-state index < -0.39 is 5.95 Å². The molecular formula is C13H14FNO. The van der Waals surface area contributed by atoms with Gasteiger partial charge in [-0.2, -0.15) is 9.37 Å². The van der Waals surface area contributed by atoms with Crippen LogP contribution in [0.3, 0.4) is 0 Å². The van der Waals surface area contributed by atoms with E-state index in [2.05, 4.69) is 4.98 Å². The van der Waals surface area contributed by atoms with E-state index in [1.165, 1.54) is 6.07 Å². The smallest absolute Gasteiger partial charge is 0.224 e. The molecule has 0 amide bonds. The molecule has 0 atom stereocenters. The highest BCUT2D eigenvalue weighted by atomic mass is 19.1. The first-order valence-electron chi connectivity index (χ1n) is 5.20. The number of halogens is 1. The molecule has 0 aliphatic carbocycles. The van der Waals surface area contributed by atoms with Crippen LogP contribution in [-0.2, 0) is 0 Å². The van der Waals surface area contributed by atoms with Crippen molar-refractivity contribution in [1.82, 2.24) is 4.98 Å². The first-order chi connectivity index (χ1) is 7.46. The highest BCUT2D eigenvalue weighted by Crippen LogP contribution is 2.26. The van der Waals surface area contributed by atoms with Crippen molar-refractivity contribution in [2.45, 2.75) is 26.4 Å². The Morgan fingerprint density at radius 3 is 2.56 bits per heavy atom. The first kappa shape index (κ1) is 10.9. The van der Waals surface area contributed by atoms with Gasteiger partial charge in [0.25, 0.3) is 0 Å². The third kappa shape index (κ3) is 2.30. The number of pyridine rings is 1. The molecule has 0 aliphatic heterocycles. The molecule has 1 aromatic heterocycles. The number of hydrogen-bond donors (Lipinski definition) is 0. The average Bonchev–Trinajstić information content (AvgIpc) is 2.14. The monoisotopic (exact) mass is 219 g/mol. The number of rotatable bonds is 1. The predicted molar refractivity (Wildman–Crippen MR) is 62.1 cm³/mol. The van der Waals surface area contributed by atoms with Crippen molar-refractivity contribution in [1.29, 1.82) is 0 Å². The Morgan fingerprint density at radius 1 is 1.19 bits per heavy atom. The summed E-state index contributed by atoms with van der Waals surface area (Å²) in [4.78, 5) is 3.80. The fourth-order valence-corrected chi connectivity index (χ4v) is 1.50. The van der Waals surface area contributed by atoms with Crippen LogP contribution in [0, 0.1) is 5.95 Å². The zero-order valence-electron chi connectivity index (χ0n) is 9.62. The summed E-state index contributed by atoms with van der Waals surface area (Å²) in [7, 11) is 0. The zero-order chi connectivity index (χ0) is 11.8. The van der Waals surface area contributed by atoms with Crippen molar-refractivity contribution in [3.8, 4) is 5.88 Å². The number of ether oxygens (including phenoxy) is 1. The van der Waals surface area contributed by atoms with Gasteiger partial charge in [0, 0.05) is 11.5 Å². The lowest BCUT2D eigenvalue weighted by atomic mass is 10.1. The summed E-state index contributed by atoms with van der Waals surface area (Å²) in [6.07, 6.45) is 0. The third-order valence-electron chi connectivity index (χ3n) is 2.08. The Labute approximate surface area is 94.1 Å². The van der Waals surface area contributed by atoms with E-state index in [4.69, 9.17) is 4.74 Å². The Kier molecular flexibility index (Phi) is 2.54. The van der Waals surface area contributed by atoms with Crippen LogP contribution >= 0.6 is 0 Å². The molecule has 0 unspecified atom stereocenters. The second kappa shape index (κ2) is 3.74. The van der Waals surface area contributed by atoms with Gasteiger partial charge in [0.2, 0.25) is 11.8 Å². The molecule has 0 saturated heterocycles. The van der Waals surface area contributed by atoms with Gasteiger partial charge in [0.05, 0.1) is 0 Å². The van der Waals surface area contributed by atoms with Crippen molar-refractivity contribution >= 4 is 10.8 Å². The Hall–Kier alpha value is -1.64. The minimum atomic E-state index is -0.516. The summed E-state index contributed by atoms with van der Waals surface area (Å²) in [5, 5.41) is 1.63. The van der Waals surface area contributed by atoms with Crippen LogP contribution in [0.25, 0.3) is 10.8 Å². The predicted octanol–water partition coefficient (Wildman–Crippen LogP) is 3.55. The molecule has 16 heavy (non-hydrogen) atoms. The fourth-order valence-electron chi connectivity index (χ4n) is 1.50. The molecule has 0 aliphatic rings. The van der Waals surface area contributed by atoms with Crippen LogP contribution in [0.2, 0.25) is 0 Å². The molecule has 0 saturated carbocycles. The number of benzene rings is 1. The largest absolute Gasteiger partial charge is 0.471 e.